The van der Waals surface area contributed by atoms with E-state index in [0.29, 0.717) is 0 Å². The molecule has 0 amide bonds. The van der Waals surface area contributed by atoms with Crippen molar-refractivity contribution in [1.82, 2.24) is 0 Å². The van der Waals surface area contributed by atoms with Crippen molar-refractivity contribution in [2.24, 2.45) is 5.41 Å². The second-order valence-corrected chi connectivity index (χ2v) is 3.96. The maximum Gasteiger partial charge on any atom is 0.327 e. The van der Waals surface area contributed by atoms with Crippen LogP contribution in [0.5, 0.6) is 0 Å². The van der Waals surface area contributed by atoms with Gasteiger partial charge in [-0.15, -0.1) is 0 Å². The van der Waals surface area contributed by atoms with Crippen LogP contribution in [0.15, 0.2) is 12.7 Å². The summed E-state index contributed by atoms with van der Waals surface area (Å²) in [4.78, 5) is 28.5. The number of aliphatic carboxylic acids is 3. The van der Waals surface area contributed by atoms with Crippen molar-refractivity contribution in [3.8, 4) is 0 Å². The van der Waals surface area contributed by atoms with Crippen LogP contribution in [-0.2, 0) is 14.4 Å². The van der Waals surface area contributed by atoms with Crippen LogP contribution in [0.25, 0.3) is 0 Å². The summed E-state index contributed by atoms with van der Waals surface area (Å²) in [6, 6.07) is 0. The Balaban J connectivity index is -0.000000257. The first-order chi connectivity index (χ1) is 10.1. The van der Waals surface area contributed by atoms with Crippen molar-refractivity contribution >= 4 is 17.9 Å². The molecule has 0 rings (SSSR count). The predicted octanol–water partition coefficient (Wildman–Crippen LogP) is -1.87. The van der Waals surface area contributed by atoms with Gasteiger partial charge in [-0.25, -0.2) is 4.79 Å². The van der Waals surface area contributed by atoms with Crippen molar-refractivity contribution in [1.29, 1.82) is 0 Å². The van der Waals surface area contributed by atoms with Crippen LogP contribution >= 0.6 is 0 Å². The van der Waals surface area contributed by atoms with Gasteiger partial charge in [0.05, 0.1) is 44.7 Å². The highest BCUT2D eigenvalue weighted by molar-refractivity contribution is 5.78. The number of carbonyl (C=O) groups is 3. The van der Waals surface area contributed by atoms with Crippen molar-refractivity contribution in [3.63, 3.8) is 0 Å². The van der Waals surface area contributed by atoms with Crippen molar-refractivity contribution in [2.75, 3.05) is 26.4 Å². The maximum absolute atomic E-state index is 9.64. The van der Waals surface area contributed by atoms with E-state index in [4.69, 9.17) is 35.7 Å². The molecule has 0 aliphatic carbocycles. The molecule has 0 aliphatic heterocycles. The van der Waals surface area contributed by atoms with E-state index in [1.54, 1.807) is 0 Å². The van der Waals surface area contributed by atoms with Crippen molar-refractivity contribution in [2.45, 2.75) is 12.8 Å². The Bertz CT molecular complexity index is 303. The van der Waals surface area contributed by atoms with Gasteiger partial charge >= 0.3 is 17.9 Å². The summed E-state index contributed by atoms with van der Waals surface area (Å²) in [5.74, 6) is -3.13. The van der Waals surface area contributed by atoms with Crippen molar-refractivity contribution in [3.05, 3.63) is 12.7 Å². The number of carboxylic acid groups (broad SMARTS) is 3. The summed E-state index contributed by atoms with van der Waals surface area (Å²) < 4.78 is 0. The predicted molar refractivity (Wildman–Crippen MR) is 73.1 cm³/mol. The fourth-order valence-corrected chi connectivity index (χ4v) is 0.514. The van der Waals surface area contributed by atoms with Gasteiger partial charge < -0.3 is 35.7 Å². The quantitative estimate of drug-likeness (QED) is 0.248. The molecule has 0 aromatic rings. The van der Waals surface area contributed by atoms with Gasteiger partial charge in [0, 0.05) is 6.08 Å². The molecule has 0 radical (unpaired) electrons. The largest absolute Gasteiger partial charge is 0.481 e. The Labute approximate surface area is 126 Å². The number of aliphatic hydroxyl groups excluding tert-OH is 4. The molecule has 0 saturated carbocycles. The highest BCUT2D eigenvalue weighted by atomic mass is 16.4. The molecule has 0 spiro atoms. The average Bonchev–Trinajstić information content (AvgIpc) is 2.49. The molecule has 0 fully saturated rings. The van der Waals surface area contributed by atoms with Crippen molar-refractivity contribution < 1.29 is 50.1 Å². The maximum atomic E-state index is 9.64. The number of carboxylic acids is 3. The van der Waals surface area contributed by atoms with Crippen LogP contribution in [-0.4, -0.2) is 80.1 Å². The van der Waals surface area contributed by atoms with E-state index < -0.39 is 49.8 Å². The molecule has 0 atom stereocenters. The first-order valence-electron chi connectivity index (χ1n) is 5.87. The molecule has 0 aromatic heterocycles. The van der Waals surface area contributed by atoms with Crippen LogP contribution in [0, 0.1) is 5.41 Å². The fraction of sp³-hybridized carbons (Fsp3) is 0.583. The smallest absolute Gasteiger partial charge is 0.327 e. The Morgan fingerprint density at radius 3 is 1.05 bits per heavy atom. The van der Waals surface area contributed by atoms with Gasteiger partial charge in [-0.3, -0.25) is 9.59 Å². The molecule has 0 unspecified atom stereocenters. The lowest BCUT2D eigenvalue weighted by atomic mass is 9.93. The van der Waals surface area contributed by atoms with Gasteiger partial charge in [-0.2, -0.15) is 0 Å². The van der Waals surface area contributed by atoms with E-state index in [9.17, 15) is 14.4 Å². The van der Waals surface area contributed by atoms with E-state index in [2.05, 4.69) is 6.58 Å². The molecule has 22 heavy (non-hydrogen) atoms. The van der Waals surface area contributed by atoms with Gasteiger partial charge in [0.25, 0.3) is 0 Å². The Hall–Kier alpha value is -2.01. The summed E-state index contributed by atoms with van der Waals surface area (Å²) in [6.07, 6.45) is 0.241. The third-order valence-corrected chi connectivity index (χ3v) is 2.07. The normalized spacial score (nSPS) is 9.45. The van der Waals surface area contributed by atoms with Gasteiger partial charge in [0.2, 0.25) is 0 Å². The standard InChI is InChI=1S/C5H12O4.C4H6O4.C3H4O2/c6-1-5(2-7,3-8)4-9;5-3(6)1-2-4(7)8;1-2-3(4)5/h6-9H,1-4H2;1-2H2,(H,5,6)(H,7,8);2H,1H2,(H,4,5). The zero-order valence-corrected chi connectivity index (χ0v) is 11.9. The second-order valence-electron chi connectivity index (χ2n) is 3.96. The SMILES string of the molecule is C=CC(=O)O.O=C(O)CCC(=O)O.OCC(CO)(CO)CO. The molecule has 0 bridgehead atoms. The van der Waals surface area contributed by atoms with Crippen LogP contribution in [0.2, 0.25) is 0 Å². The molecule has 10 nitrogen and oxygen atoms in total. The molecule has 130 valence electrons. The Kier molecular flexibility index (Phi) is 17.5. The molecule has 7 N–H and O–H groups in total. The van der Waals surface area contributed by atoms with E-state index >= 15 is 0 Å². The Morgan fingerprint density at radius 2 is 1.00 bits per heavy atom. The van der Waals surface area contributed by atoms with Crippen LogP contribution in [0.4, 0.5) is 0 Å². The topological polar surface area (TPSA) is 193 Å². The van der Waals surface area contributed by atoms with E-state index in [1.165, 1.54) is 0 Å². The minimum atomic E-state index is -1.11. The molecular weight excluding hydrogens is 304 g/mol. The zero-order valence-electron chi connectivity index (χ0n) is 11.9. The Morgan fingerprint density at radius 1 is 0.773 bits per heavy atom. The lowest BCUT2D eigenvalue weighted by Gasteiger charge is -2.23. The highest BCUT2D eigenvalue weighted by Crippen LogP contribution is 2.11. The minimum Gasteiger partial charge on any atom is -0.481 e. The minimum absolute atomic E-state index is 0.296. The molecule has 0 saturated heterocycles. The fourth-order valence-electron chi connectivity index (χ4n) is 0.514. The number of hydrogen-bond donors (Lipinski definition) is 7. The third-order valence-electron chi connectivity index (χ3n) is 2.07. The number of aliphatic hydroxyl groups is 4. The zero-order chi connectivity index (χ0) is 18.2. The third kappa shape index (κ3) is 18.0. The average molecular weight is 326 g/mol. The first-order valence-corrected chi connectivity index (χ1v) is 5.87. The van der Waals surface area contributed by atoms with Gasteiger partial charge in [-0.1, -0.05) is 6.58 Å². The lowest BCUT2D eigenvalue weighted by Crippen LogP contribution is -2.37. The second kappa shape index (κ2) is 15.4. The van der Waals surface area contributed by atoms with Crippen LogP contribution in [0.3, 0.4) is 0 Å². The molecule has 0 heterocycles. The van der Waals surface area contributed by atoms with Crippen LogP contribution in [0.1, 0.15) is 12.8 Å². The summed E-state index contributed by atoms with van der Waals surface area (Å²) in [6.45, 7) is 1.34. The monoisotopic (exact) mass is 326 g/mol. The van der Waals surface area contributed by atoms with E-state index in [0.717, 1.165) is 6.08 Å². The summed E-state index contributed by atoms with van der Waals surface area (Å²) in [7, 11) is 0. The molecular formula is C12H22O10. The number of rotatable bonds is 8. The van der Waals surface area contributed by atoms with Gasteiger partial charge in [0.15, 0.2) is 0 Å². The first kappa shape index (κ1) is 25.0. The van der Waals surface area contributed by atoms with Gasteiger partial charge in [-0.05, 0) is 0 Å². The van der Waals surface area contributed by atoms with E-state index in [1.807, 2.05) is 0 Å². The summed E-state index contributed by atoms with van der Waals surface area (Å²) in [5, 5.41) is 57.4. The van der Waals surface area contributed by atoms with Crippen LogP contribution < -0.4 is 0 Å². The highest BCUT2D eigenvalue weighted by Gasteiger charge is 2.26. The molecule has 0 aromatic carbocycles. The number of hydrogen-bond acceptors (Lipinski definition) is 7. The van der Waals surface area contributed by atoms with Gasteiger partial charge in [0.1, 0.15) is 0 Å². The molecule has 10 heteroatoms. The summed E-state index contributed by atoms with van der Waals surface area (Å²) >= 11 is 0. The lowest BCUT2D eigenvalue weighted by molar-refractivity contribution is -0.143. The molecule has 0 aliphatic rings. The van der Waals surface area contributed by atoms with E-state index in [-0.39, 0.29) is 12.8 Å². The summed E-state index contributed by atoms with van der Waals surface area (Å²) in [5.41, 5.74) is -1.11.